The molecule has 0 radical (unpaired) electrons. The first-order valence-electron chi connectivity index (χ1n) is 8.23. The maximum absolute atomic E-state index is 13.0. The third kappa shape index (κ3) is 3.06. The van der Waals surface area contributed by atoms with Crippen LogP contribution in [0.25, 0.3) is 0 Å². The Morgan fingerprint density at radius 3 is 2.62 bits per heavy atom. The minimum atomic E-state index is -3.59. The van der Waals surface area contributed by atoms with E-state index in [0.717, 1.165) is 31.4 Å². The molecule has 1 aliphatic carbocycles. The van der Waals surface area contributed by atoms with Crippen molar-refractivity contribution in [3.8, 4) is 5.75 Å². The van der Waals surface area contributed by atoms with Crippen molar-refractivity contribution in [1.29, 1.82) is 0 Å². The van der Waals surface area contributed by atoms with Crippen molar-refractivity contribution in [3.05, 3.63) is 53.6 Å². The van der Waals surface area contributed by atoms with Gasteiger partial charge in [0.15, 0.2) is 0 Å². The second-order valence-electron chi connectivity index (χ2n) is 6.17. The lowest BCUT2D eigenvalue weighted by atomic mass is 9.82. The van der Waals surface area contributed by atoms with Gasteiger partial charge >= 0.3 is 0 Å². The van der Waals surface area contributed by atoms with Crippen molar-refractivity contribution in [3.63, 3.8) is 0 Å². The molecule has 0 saturated heterocycles. The van der Waals surface area contributed by atoms with E-state index in [2.05, 4.69) is 5.32 Å². The number of ether oxygens (including phenoxy) is 1. The Morgan fingerprint density at radius 2 is 1.96 bits per heavy atom. The van der Waals surface area contributed by atoms with Crippen LogP contribution in [0, 0.1) is 0 Å². The molecular weight excluding hydrogens is 322 g/mol. The number of likely N-dealkylation sites (N-methyl/N-ethyl adjacent to an activating group) is 1. The van der Waals surface area contributed by atoms with E-state index in [4.69, 9.17) is 4.74 Å². The van der Waals surface area contributed by atoms with Gasteiger partial charge in [0.25, 0.3) is 0 Å². The molecule has 1 atom stereocenters. The Morgan fingerprint density at radius 1 is 1.21 bits per heavy atom. The Bertz CT molecular complexity index is 816. The van der Waals surface area contributed by atoms with E-state index < -0.39 is 9.84 Å². The van der Waals surface area contributed by atoms with Gasteiger partial charge in [0.1, 0.15) is 10.6 Å². The third-order valence-electron chi connectivity index (χ3n) is 4.66. The fourth-order valence-electron chi connectivity index (χ4n) is 3.46. The van der Waals surface area contributed by atoms with E-state index in [1.807, 2.05) is 25.2 Å². The van der Waals surface area contributed by atoms with Gasteiger partial charge in [-0.25, -0.2) is 8.42 Å². The van der Waals surface area contributed by atoms with Crippen molar-refractivity contribution >= 4 is 9.84 Å². The van der Waals surface area contributed by atoms with Crippen molar-refractivity contribution in [1.82, 2.24) is 5.32 Å². The SMILES string of the molecule is CNCC1CCCc2cc(S(=O)(=O)c3ccccc3)c(OC)cc21. The number of methoxy groups -OCH3 is 1. The maximum Gasteiger partial charge on any atom is 0.210 e. The van der Waals surface area contributed by atoms with E-state index in [9.17, 15) is 8.42 Å². The quantitative estimate of drug-likeness (QED) is 0.904. The minimum absolute atomic E-state index is 0.264. The van der Waals surface area contributed by atoms with Crippen LogP contribution in [0.4, 0.5) is 0 Å². The van der Waals surface area contributed by atoms with Gasteiger partial charge in [-0.3, -0.25) is 0 Å². The molecule has 0 aliphatic heterocycles. The first-order chi connectivity index (χ1) is 11.6. The van der Waals surface area contributed by atoms with Crippen LogP contribution < -0.4 is 10.1 Å². The topological polar surface area (TPSA) is 55.4 Å². The van der Waals surface area contributed by atoms with Crippen LogP contribution in [0.2, 0.25) is 0 Å². The number of hydrogen-bond donors (Lipinski definition) is 1. The highest BCUT2D eigenvalue weighted by atomic mass is 32.2. The summed E-state index contributed by atoms with van der Waals surface area (Å²) in [4.78, 5) is 0.561. The minimum Gasteiger partial charge on any atom is -0.495 e. The Balaban J connectivity index is 2.13. The zero-order valence-electron chi connectivity index (χ0n) is 14.1. The summed E-state index contributed by atoms with van der Waals surface area (Å²) in [6, 6.07) is 12.3. The molecule has 1 aliphatic rings. The summed E-state index contributed by atoms with van der Waals surface area (Å²) in [7, 11) is -0.112. The number of hydrogen-bond acceptors (Lipinski definition) is 4. The summed E-state index contributed by atoms with van der Waals surface area (Å²) in [5.41, 5.74) is 2.33. The van der Waals surface area contributed by atoms with Crippen molar-refractivity contribution in [2.75, 3.05) is 20.7 Å². The van der Waals surface area contributed by atoms with Crippen LogP contribution in [0.1, 0.15) is 29.9 Å². The molecule has 0 amide bonds. The predicted octanol–water partition coefficient (Wildman–Crippen LogP) is 3.17. The lowest BCUT2D eigenvalue weighted by Crippen LogP contribution is -2.22. The molecule has 128 valence electrons. The summed E-state index contributed by atoms with van der Waals surface area (Å²) in [6.45, 7) is 0.890. The lowest BCUT2D eigenvalue weighted by Gasteiger charge is -2.27. The highest BCUT2D eigenvalue weighted by Crippen LogP contribution is 2.39. The van der Waals surface area contributed by atoms with Gasteiger partial charge in [-0.2, -0.15) is 0 Å². The van der Waals surface area contributed by atoms with E-state index in [1.54, 1.807) is 24.3 Å². The van der Waals surface area contributed by atoms with E-state index >= 15 is 0 Å². The number of benzene rings is 2. The summed E-state index contributed by atoms with van der Waals surface area (Å²) in [5.74, 6) is 0.835. The molecule has 24 heavy (non-hydrogen) atoms. The number of aryl methyl sites for hydroxylation is 1. The van der Waals surface area contributed by atoms with Gasteiger partial charge in [-0.05, 0) is 67.6 Å². The fourth-order valence-corrected chi connectivity index (χ4v) is 4.94. The average molecular weight is 345 g/mol. The molecule has 0 aromatic heterocycles. The molecule has 0 bridgehead atoms. The van der Waals surface area contributed by atoms with Crippen molar-refractivity contribution < 1.29 is 13.2 Å². The van der Waals surface area contributed by atoms with E-state index in [-0.39, 0.29) is 4.90 Å². The zero-order valence-corrected chi connectivity index (χ0v) is 14.9. The van der Waals surface area contributed by atoms with Crippen LogP contribution in [0.3, 0.4) is 0 Å². The summed E-state index contributed by atoms with van der Waals surface area (Å²) < 4.78 is 31.5. The average Bonchev–Trinajstić information content (AvgIpc) is 2.62. The molecule has 0 fully saturated rings. The Hall–Kier alpha value is -1.85. The highest BCUT2D eigenvalue weighted by Gasteiger charge is 2.27. The molecule has 3 rings (SSSR count). The zero-order chi connectivity index (χ0) is 17.2. The van der Waals surface area contributed by atoms with E-state index in [1.165, 1.54) is 12.7 Å². The van der Waals surface area contributed by atoms with Crippen LogP contribution >= 0.6 is 0 Å². The summed E-state index contributed by atoms with van der Waals surface area (Å²) in [6.07, 6.45) is 3.11. The molecule has 0 spiro atoms. The van der Waals surface area contributed by atoms with Crippen LogP contribution in [0.5, 0.6) is 5.75 Å². The van der Waals surface area contributed by atoms with Crippen LogP contribution in [-0.4, -0.2) is 29.1 Å². The molecule has 5 heteroatoms. The second kappa shape index (κ2) is 6.95. The van der Waals surface area contributed by atoms with Crippen molar-refractivity contribution in [2.45, 2.75) is 35.0 Å². The standard InChI is InChI=1S/C19H23NO3S/c1-20-13-15-8-6-7-14-11-19(18(23-2)12-17(14)15)24(21,22)16-9-4-3-5-10-16/h3-5,9-12,15,20H,6-8,13H2,1-2H3. The van der Waals surface area contributed by atoms with Gasteiger partial charge in [0.2, 0.25) is 9.84 Å². The van der Waals surface area contributed by atoms with Gasteiger partial charge in [0.05, 0.1) is 12.0 Å². The fraction of sp³-hybridized carbons (Fsp3) is 0.368. The monoisotopic (exact) mass is 345 g/mol. The first-order valence-corrected chi connectivity index (χ1v) is 9.71. The largest absolute Gasteiger partial charge is 0.495 e. The maximum atomic E-state index is 13.0. The second-order valence-corrected chi connectivity index (χ2v) is 8.08. The highest BCUT2D eigenvalue weighted by molar-refractivity contribution is 7.91. The normalized spacial score (nSPS) is 17.3. The predicted molar refractivity (Wildman–Crippen MR) is 94.5 cm³/mol. The molecule has 1 N–H and O–H groups in total. The number of nitrogens with one attached hydrogen (secondary N) is 1. The third-order valence-corrected chi connectivity index (χ3v) is 6.45. The lowest BCUT2D eigenvalue weighted by molar-refractivity contribution is 0.399. The van der Waals surface area contributed by atoms with Crippen LogP contribution in [-0.2, 0) is 16.3 Å². The molecular formula is C19H23NO3S. The first kappa shape index (κ1) is 17.0. The Labute approximate surface area is 143 Å². The van der Waals surface area contributed by atoms with Gasteiger partial charge in [-0.15, -0.1) is 0 Å². The number of sulfone groups is 1. The molecule has 1 unspecified atom stereocenters. The molecule has 0 saturated carbocycles. The molecule has 2 aromatic rings. The van der Waals surface area contributed by atoms with E-state index in [0.29, 0.717) is 16.6 Å². The molecule has 2 aromatic carbocycles. The molecule has 0 heterocycles. The number of fused-ring (bicyclic) bond motifs is 1. The smallest absolute Gasteiger partial charge is 0.210 e. The van der Waals surface area contributed by atoms with Gasteiger partial charge in [0, 0.05) is 6.54 Å². The van der Waals surface area contributed by atoms with Crippen LogP contribution in [0.15, 0.2) is 52.3 Å². The summed E-state index contributed by atoms with van der Waals surface area (Å²) in [5, 5.41) is 3.23. The number of rotatable bonds is 5. The Kier molecular flexibility index (Phi) is 4.92. The van der Waals surface area contributed by atoms with Crippen molar-refractivity contribution in [2.24, 2.45) is 0 Å². The molecule has 4 nitrogen and oxygen atoms in total. The summed E-state index contributed by atoms with van der Waals surface area (Å²) >= 11 is 0. The van der Waals surface area contributed by atoms with Gasteiger partial charge < -0.3 is 10.1 Å². The van der Waals surface area contributed by atoms with Gasteiger partial charge in [-0.1, -0.05) is 18.2 Å².